The van der Waals surface area contributed by atoms with E-state index < -0.39 is 12.1 Å². The molecule has 0 saturated heterocycles. The van der Waals surface area contributed by atoms with E-state index >= 15 is 0 Å². The third-order valence-electron chi connectivity index (χ3n) is 5.09. The average molecular weight is 387 g/mol. The highest BCUT2D eigenvalue weighted by atomic mass is 32.1. The summed E-state index contributed by atoms with van der Waals surface area (Å²) in [5, 5.41) is 4.46. The fourth-order valence-corrected chi connectivity index (χ4v) is 5.00. The number of aromatic nitrogens is 3. The quantitative estimate of drug-likeness (QED) is 0.689. The Morgan fingerprint density at radius 2 is 2.19 bits per heavy atom. The maximum absolute atomic E-state index is 12.7. The molecule has 0 aromatic carbocycles. The van der Waals surface area contributed by atoms with Crippen molar-refractivity contribution in [3.63, 3.8) is 0 Å². The van der Waals surface area contributed by atoms with Gasteiger partial charge in [0.05, 0.1) is 11.1 Å². The number of nitrogens with zero attached hydrogens (tertiary/aromatic N) is 2. The van der Waals surface area contributed by atoms with Gasteiger partial charge in [-0.15, -0.1) is 11.3 Å². The van der Waals surface area contributed by atoms with E-state index in [9.17, 15) is 9.59 Å². The summed E-state index contributed by atoms with van der Waals surface area (Å²) >= 11 is 1.57. The third-order valence-corrected chi connectivity index (χ3v) is 6.24. The second kappa shape index (κ2) is 6.60. The van der Waals surface area contributed by atoms with Crippen molar-refractivity contribution in [1.82, 2.24) is 15.1 Å². The molecule has 0 aliphatic heterocycles. The fraction of sp³-hybridized carbons (Fsp3) is 0.474. The van der Waals surface area contributed by atoms with E-state index in [4.69, 9.17) is 9.26 Å². The molecule has 0 spiro atoms. The summed E-state index contributed by atoms with van der Waals surface area (Å²) in [5.74, 6) is 0.834. The van der Waals surface area contributed by atoms with Gasteiger partial charge >= 0.3 is 5.97 Å². The van der Waals surface area contributed by atoms with Crippen molar-refractivity contribution in [3.05, 3.63) is 43.6 Å². The Hall–Kier alpha value is -2.48. The number of H-pyrrole nitrogens is 1. The monoisotopic (exact) mass is 387 g/mol. The van der Waals surface area contributed by atoms with Crippen molar-refractivity contribution in [2.75, 3.05) is 0 Å². The van der Waals surface area contributed by atoms with Crippen molar-refractivity contribution in [2.24, 2.45) is 5.92 Å². The second-order valence-electron chi connectivity index (χ2n) is 7.23. The first-order chi connectivity index (χ1) is 12.8. The molecule has 8 heteroatoms. The van der Waals surface area contributed by atoms with Gasteiger partial charge < -0.3 is 14.2 Å². The number of nitrogens with one attached hydrogen (secondary N) is 1. The van der Waals surface area contributed by atoms with E-state index in [0.29, 0.717) is 39.0 Å². The number of hydrogen-bond donors (Lipinski definition) is 1. The van der Waals surface area contributed by atoms with E-state index in [1.165, 1.54) is 4.88 Å². The van der Waals surface area contributed by atoms with E-state index in [-0.39, 0.29) is 5.56 Å². The van der Waals surface area contributed by atoms with Gasteiger partial charge in [0.25, 0.3) is 5.56 Å². The Morgan fingerprint density at radius 3 is 2.89 bits per heavy atom. The lowest BCUT2D eigenvalue weighted by atomic mass is 9.89. The van der Waals surface area contributed by atoms with E-state index in [1.54, 1.807) is 32.1 Å². The van der Waals surface area contributed by atoms with Crippen LogP contribution in [0, 0.1) is 19.8 Å². The Bertz CT molecular complexity index is 1070. The normalized spacial score (nSPS) is 17.7. The molecule has 27 heavy (non-hydrogen) atoms. The molecule has 2 atom stereocenters. The molecule has 0 amide bonds. The Morgan fingerprint density at radius 1 is 1.41 bits per heavy atom. The van der Waals surface area contributed by atoms with Crippen LogP contribution in [0.5, 0.6) is 0 Å². The van der Waals surface area contributed by atoms with Gasteiger partial charge in [-0.05, 0) is 51.5 Å². The second-order valence-corrected chi connectivity index (χ2v) is 8.31. The molecular weight excluding hydrogens is 366 g/mol. The molecule has 0 saturated carbocycles. The van der Waals surface area contributed by atoms with Crippen LogP contribution in [0.25, 0.3) is 10.2 Å². The van der Waals surface area contributed by atoms with Gasteiger partial charge in [-0.25, -0.2) is 9.78 Å². The van der Waals surface area contributed by atoms with E-state index in [0.717, 1.165) is 24.8 Å². The van der Waals surface area contributed by atoms with Gasteiger partial charge in [-0.1, -0.05) is 12.1 Å². The number of carbonyl (C=O) groups excluding carboxylic acids is 1. The largest absolute Gasteiger partial charge is 0.451 e. The van der Waals surface area contributed by atoms with Crippen LogP contribution in [0.2, 0.25) is 0 Å². The third kappa shape index (κ3) is 3.07. The molecule has 4 rings (SSSR count). The SMILES string of the molecule is Cc1noc(C)c1C(=O)O[C@@H](C)c1nc2sc3c(c2c(=O)[nH]1)CC[C@H](C)C3. The van der Waals surface area contributed by atoms with Crippen molar-refractivity contribution in [1.29, 1.82) is 0 Å². The number of carbonyl (C=O) groups is 1. The number of esters is 1. The van der Waals surface area contributed by atoms with Crippen molar-refractivity contribution >= 4 is 27.5 Å². The highest BCUT2D eigenvalue weighted by Gasteiger charge is 2.26. The number of aryl methyl sites for hydroxylation is 3. The summed E-state index contributed by atoms with van der Waals surface area (Å²) in [6.45, 7) is 7.26. The molecule has 3 aromatic rings. The molecule has 1 aliphatic rings. The fourth-order valence-electron chi connectivity index (χ4n) is 3.61. The standard InChI is InChI=1S/C19H21N3O4S/c1-8-5-6-12-13(7-8)27-18-15(12)17(23)20-16(21-18)11(4)25-19(24)14-9(2)22-26-10(14)3/h8,11H,5-7H2,1-4H3,(H,20,21,23)/t8-,11-/m0/s1. The molecule has 142 valence electrons. The highest BCUT2D eigenvalue weighted by Crippen LogP contribution is 2.36. The predicted molar refractivity (Wildman–Crippen MR) is 101 cm³/mol. The lowest BCUT2D eigenvalue weighted by molar-refractivity contribution is 0.0317. The van der Waals surface area contributed by atoms with Crippen molar-refractivity contribution < 1.29 is 14.1 Å². The maximum Gasteiger partial charge on any atom is 0.344 e. The zero-order valence-electron chi connectivity index (χ0n) is 15.7. The van der Waals surface area contributed by atoms with Gasteiger partial charge in [-0.2, -0.15) is 0 Å². The van der Waals surface area contributed by atoms with Crippen LogP contribution in [0.1, 0.15) is 64.4 Å². The molecule has 3 heterocycles. The summed E-state index contributed by atoms with van der Waals surface area (Å²) in [7, 11) is 0. The minimum Gasteiger partial charge on any atom is -0.451 e. The zero-order chi connectivity index (χ0) is 19.3. The molecule has 1 aliphatic carbocycles. The number of aromatic amines is 1. The maximum atomic E-state index is 12.7. The summed E-state index contributed by atoms with van der Waals surface area (Å²) in [6.07, 6.45) is 2.30. The van der Waals surface area contributed by atoms with Crippen LogP contribution in [0.15, 0.2) is 9.32 Å². The minimum absolute atomic E-state index is 0.165. The number of fused-ring (bicyclic) bond motifs is 3. The summed E-state index contributed by atoms with van der Waals surface area (Å²) in [4.78, 5) is 34.5. The summed E-state index contributed by atoms with van der Waals surface area (Å²) in [6, 6.07) is 0. The van der Waals surface area contributed by atoms with E-state index in [2.05, 4.69) is 22.0 Å². The van der Waals surface area contributed by atoms with Gasteiger partial charge in [0.15, 0.2) is 11.9 Å². The van der Waals surface area contributed by atoms with Crippen LogP contribution in [-0.2, 0) is 17.6 Å². The number of thiophene rings is 1. The van der Waals surface area contributed by atoms with E-state index in [1.807, 2.05) is 0 Å². The molecule has 1 N–H and O–H groups in total. The summed E-state index contributed by atoms with van der Waals surface area (Å²) < 4.78 is 10.5. The zero-order valence-corrected chi connectivity index (χ0v) is 16.5. The summed E-state index contributed by atoms with van der Waals surface area (Å²) in [5.41, 5.74) is 1.75. The van der Waals surface area contributed by atoms with Gasteiger partial charge in [0, 0.05) is 4.88 Å². The Balaban J connectivity index is 1.66. The number of ether oxygens (including phenoxy) is 1. The lowest BCUT2D eigenvalue weighted by Gasteiger charge is -2.17. The first-order valence-electron chi connectivity index (χ1n) is 9.03. The number of rotatable bonds is 3. The lowest BCUT2D eigenvalue weighted by Crippen LogP contribution is -2.18. The highest BCUT2D eigenvalue weighted by molar-refractivity contribution is 7.18. The van der Waals surface area contributed by atoms with Crippen LogP contribution < -0.4 is 5.56 Å². The van der Waals surface area contributed by atoms with Gasteiger partial charge in [-0.3, -0.25) is 4.79 Å². The number of hydrogen-bond acceptors (Lipinski definition) is 7. The van der Waals surface area contributed by atoms with Gasteiger partial charge in [0.1, 0.15) is 16.2 Å². The van der Waals surface area contributed by atoms with Crippen molar-refractivity contribution in [2.45, 2.75) is 53.1 Å². The molecule has 0 unspecified atom stereocenters. The minimum atomic E-state index is -0.693. The molecule has 0 radical (unpaired) electrons. The topological polar surface area (TPSA) is 98.1 Å². The first-order valence-corrected chi connectivity index (χ1v) is 9.85. The average Bonchev–Trinajstić information content (AvgIpc) is 3.13. The van der Waals surface area contributed by atoms with Crippen LogP contribution in [0.4, 0.5) is 0 Å². The Kier molecular flexibility index (Phi) is 4.38. The predicted octanol–water partition coefficient (Wildman–Crippen LogP) is 3.63. The molecule has 0 fully saturated rings. The molecule has 3 aromatic heterocycles. The van der Waals surface area contributed by atoms with Crippen molar-refractivity contribution in [3.8, 4) is 0 Å². The van der Waals surface area contributed by atoms with Crippen LogP contribution >= 0.6 is 11.3 Å². The molecule has 7 nitrogen and oxygen atoms in total. The van der Waals surface area contributed by atoms with Crippen LogP contribution in [-0.4, -0.2) is 21.1 Å². The van der Waals surface area contributed by atoms with Crippen LogP contribution in [0.3, 0.4) is 0 Å². The smallest absolute Gasteiger partial charge is 0.344 e. The first kappa shape index (κ1) is 17.9. The molecule has 0 bridgehead atoms. The van der Waals surface area contributed by atoms with Gasteiger partial charge in [0.2, 0.25) is 0 Å². The molecular formula is C19H21N3O4S. The Labute approximate surface area is 159 Å².